The van der Waals surface area contributed by atoms with Crippen LogP contribution in [0.1, 0.15) is 29.9 Å². The van der Waals surface area contributed by atoms with Gasteiger partial charge in [0.1, 0.15) is 0 Å². The number of rotatable bonds is 3. The van der Waals surface area contributed by atoms with Gasteiger partial charge in [0.15, 0.2) is 0 Å². The predicted octanol–water partition coefficient (Wildman–Crippen LogP) is 1.96. The van der Waals surface area contributed by atoms with Crippen LogP contribution in [0.25, 0.3) is 0 Å². The van der Waals surface area contributed by atoms with Gasteiger partial charge in [-0.1, -0.05) is 0 Å². The number of aromatic nitrogens is 1. The number of carbonyl (C=O) groups excluding carboxylic acids is 1. The van der Waals surface area contributed by atoms with Crippen molar-refractivity contribution < 1.29 is 14.3 Å². The number of pyridine rings is 1. The average Bonchev–Trinajstić information content (AvgIpc) is 2.15. The van der Waals surface area contributed by atoms with Crippen molar-refractivity contribution in [2.45, 2.75) is 26.9 Å². The van der Waals surface area contributed by atoms with E-state index in [1.165, 1.54) is 7.11 Å². The Labute approximate surface area is 89.2 Å². The lowest BCUT2D eigenvalue weighted by atomic mass is 10.2. The highest BCUT2D eigenvalue weighted by molar-refractivity contribution is 5.89. The molecule has 0 N–H and O–H groups in total. The fourth-order valence-electron chi connectivity index (χ4n) is 1.14. The minimum Gasteiger partial charge on any atom is -0.481 e. The van der Waals surface area contributed by atoms with Gasteiger partial charge in [-0.25, -0.2) is 9.78 Å². The van der Waals surface area contributed by atoms with Gasteiger partial charge in [0.2, 0.25) is 5.88 Å². The highest BCUT2D eigenvalue weighted by Crippen LogP contribution is 2.13. The summed E-state index contributed by atoms with van der Waals surface area (Å²) in [6, 6.07) is 3.24. The smallest absolute Gasteiger partial charge is 0.338 e. The summed E-state index contributed by atoms with van der Waals surface area (Å²) in [6.07, 6.45) is -0.128. The van der Waals surface area contributed by atoms with Crippen molar-refractivity contribution in [3.63, 3.8) is 0 Å². The highest BCUT2D eigenvalue weighted by Gasteiger charge is 2.11. The second-order valence-corrected chi connectivity index (χ2v) is 3.49. The van der Waals surface area contributed by atoms with Crippen molar-refractivity contribution >= 4 is 5.97 Å². The first-order valence-electron chi connectivity index (χ1n) is 4.76. The first kappa shape index (κ1) is 11.5. The second kappa shape index (κ2) is 4.77. The maximum Gasteiger partial charge on any atom is 0.338 e. The van der Waals surface area contributed by atoms with Crippen LogP contribution in [-0.4, -0.2) is 24.2 Å². The predicted molar refractivity (Wildman–Crippen MR) is 56.1 cm³/mol. The average molecular weight is 209 g/mol. The first-order chi connectivity index (χ1) is 7.02. The van der Waals surface area contributed by atoms with E-state index in [0.717, 1.165) is 5.69 Å². The largest absolute Gasteiger partial charge is 0.481 e. The van der Waals surface area contributed by atoms with Gasteiger partial charge in [0, 0.05) is 11.8 Å². The molecule has 0 spiro atoms. The number of esters is 1. The van der Waals surface area contributed by atoms with Crippen LogP contribution in [0.4, 0.5) is 0 Å². The molecule has 0 saturated carbocycles. The zero-order chi connectivity index (χ0) is 11.4. The van der Waals surface area contributed by atoms with E-state index in [1.54, 1.807) is 19.1 Å². The van der Waals surface area contributed by atoms with Crippen molar-refractivity contribution in [3.05, 3.63) is 23.4 Å². The van der Waals surface area contributed by atoms with Crippen LogP contribution in [0.5, 0.6) is 5.88 Å². The maximum absolute atomic E-state index is 11.6. The van der Waals surface area contributed by atoms with Crippen LogP contribution >= 0.6 is 0 Å². The third-order valence-electron chi connectivity index (χ3n) is 1.72. The number of hydrogen-bond acceptors (Lipinski definition) is 4. The Kier molecular flexibility index (Phi) is 3.66. The molecular weight excluding hydrogens is 194 g/mol. The summed E-state index contributed by atoms with van der Waals surface area (Å²) in [7, 11) is 1.51. The second-order valence-electron chi connectivity index (χ2n) is 3.49. The van der Waals surface area contributed by atoms with E-state index in [-0.39, 0.29) is 12.1 Å². The van der Waals surface area contributed by atoms with E-state index in [0.29, 0.717) is 11.4 Å². The lowest BCUT2D eigenvalue weighted by Crippen LogP contribution is -2.12. The highest BCUT2D eigenvalue weighted by atomic mass is 16.5. The van der Waals surface area contributed by atoms with Gasteiger partial charge >= 0.3 is 5.97 Å². The standard InChI is InChI=1S/C11H15NO3/c1-7(2)15-11(13)9-5-8(3)12-10(6-9)14-4/h5-7H,1-4H3. The SMILES string of the molecule is COc1cc(C(=O)OC(C)C)cc(C)n1. The number of methoxy groups -OCH3 is 1. The quantitative estimate of drug-likeness (QED) is 0.714. The molecule has 0 radical (unpaired) electrons. The summed E-state index contributed by atoms with van der Waals surface area (Å²) in [5.41, 5.74) is 1.19. The lowest BCUT2D eigenvalue weighted by Gasteiger charge is -2.09. The lowest BCUT2D eigenvalue weighted by molar-refractivity contribution is 0.0377. The minimum absolute atomic E-state index is 0.128. The summed E-state index contributed by atoms with van der Waals surface area (Å²) in [5.74, 6) is 0.0690. The van der Waals surface area contributed by atoms with Crippen LogP contribution in [0.2, 0.25) is 0 Å². The maximum atomic E-state index is 11.6. The van der Waals surface area contributed by atoms with Crippen molar-refractivity contribution in [2.75, 3.05) is 7.11 Å². The van der Waals surface area contributed by atoms with E-state index >= 15 is 0 Å². The Morgan fingerprint density at radius 3 is 2.60 bits per heavy atom. The van der Waals surface area contributed by atoms with Crippen molar-refractivity contribution in [1.29, 1.82) is 0 Å². The van der Waals surface area contributed by atoms with Gasteiger partial charge in [-0.2, -0.15) is 0 Å². The first-order valence-corrected chi connectivity index (χ1v) is 4.76. The molecule has 82 valence electrons. The Morgan fingerprint density at radius 1 is 1.40 bits per heavy atom. The number of carbonyl (C=O) groups is 1. The van der Waals surface area contributed by atoms with Gasteiger partial charge in [-0.15, -0.1) is 0 Å². The molecule has 15 heavy (non-hydrogen) atoms. The third-order valence-corrected chi connectivity index (χ3v) is 1.72. The molecule has 0 aromatic carbocycles. The van der Waals surface area contributed by atoms with Gasteiger partial charge < -0.3 is 9.47 Å². The molecule has 1 aromatic rings. The number of ether oxygens (including phenoxy) is 2. The summed E-state index contributed by atoms with van der Waals surface area (Å²) in [5, 5.41) is 0. The molecule has 0 aliphatic heterocycles. The molecule has 0 unspecified atom stereocenters. The molecule has 0 aliphatic rings. The Balaban J connectivity index is 2.93. The molecule has 0 atom stereocenters. The molecule has 1 aromatic heterocycles. The van der Waals surface area contributed by atoms with Crippen molar-refractivity contribution in [3.8, 4) is 5.88 Å². The molecular formula is C11H15NO3. The minimum atomic E-state index is -0.353. The molecule has 1 heterocycles. The van der Waals surface area contributed by atoms with Gasteiger partial charge in [0.05, 0.1) is 18.8 Å². The molecule has 0 bridgehead atoms. The topological polar surface area (TPSA) is 48.4 Å². The van der Waals surface area contributed by atoms with Crippen molar-refractivity contribution in [2.24, 2.45) is 0 Å². The summed E-state index contributed by atoms with van der Waals surface area (Å²) in [6.45, 7) is 5.42. The molecule has 0 aliphatic carbocycles. The normalized spacial score (nSPS) is 10.2. The summed E-state index contributed by atoms with van der Waals surface area (Å²) < 4.78 is 10.0. The number of nitrogens with zero attached hydrogens (tertiary/aromatic N) is 1. The summed E-state index contributed by atoms with van der Waals surface area (Å²) >= 11 is 0. The van der Waals surface area contributed by atoms with E-state index in [1.807, 2.05) is 13.8 Å². The molecule has 0 fully saturated rings. The fraction of sp³-hybridized carbons (Fsp3) is 0.455. The monoisotopic (exact) mass is 209 g/mol. The van der Waals surface area contributed by atoms with Crippen LogP contribution in [0.3, 0.4) is 0 Å². The molecule has 0 saturated heterocycles. The third kappa shape index (κ3) is 3.23. The van der Waals surface area contributed by atoms with Gasteiger partial charge in [-0.05, 0) is 26.8 Å². The van der Waals surface area contributed by atoms with Crippen molar-refractivity contribution in [1.82, 2.24) is 4.98 Å². The van der Waals surface area contributed by atoms with Crippen LogP contribution < -0.4 is 4.74 Å². The Morgan fingerprint density at radius 2 is 2.07 bits per heavy atom. The van der Waals surface area contributed by atoms with Gasteiger partial charge in [-0.3, -0.25) is 0 Å². The number of aryl methyl sites for hydroxylation is 1. The number of hydrogen-bond donors (Lipinski definition) is 0. The Hall–Kier alpha value is -1.58. The zero-order valence-electron chi connectivity index (χ0n) is 9.40. The fourth-order valence-corrected chi connectivity index (χ4v) is 1.14. The Bertz CT molecular complexity index is 361. The van der Waals surface area contributed by atoms with Crippen LogP contribution in [-0.2, 0) is 4.74 Å². The van der Waals surface area contributed by atoms with E-state index in [9.17, 15) is 4.79 Å². The van der Waals surface area contributed by atoms with E-state index in [2.05, 4.69) is 4.98 Å². The van der Waals surface area contributed by atoms with E-state index < -0.39 is 0 Å². The van der Waals surface area contributed by atoms with E-state index in [4.69, 9.17) is 9.47 Å². The summed E-state index contributed by atoms with van der Waals surface area (Å²) in [4.78, 5) is 15.7. The molecule has 4 heteroatoms. The molecule has 0 amide bonds. The van der Waals surface area contributed by atoms with Gasteiger partial charge in [0.25, 0.3) is 0 Å². The van der Waals surface area contributed by atoms with Crippen LogP contribution in [0.15, 0.2) is 12.1 Å². The molecule has 4 nitrogen and oxygen atoms in total. The molecule has 1 rings (SSSR count). The van der Waals surface area contributed by atoms with Crippen LogP contribution in [0, 0.1) is 6.92 Å². The zero-order valence-corrected chi connectivity index (χ0v) is 9.40.